The molecule has 2 heterocycles. The second-order valence-corrected chi connectivity index (χ2v) is 5.03. The van der Waals surface area contributed by atoms with Gasteiger partial charge in [-0.25, -0.2) is 0 Å². The van der Waals surface area contributed by atoms with Gasteiger partial charge in [0, 0.05) is 25.7 Å². The minimum Gasteiger partial charge on any atom is -0.314 e. The summed E-state index contributed by atoms with van der Waals surface area (Å²) in [4.78, 5) is 26.1. The minimum absolute atomic E-state index is 0.107. The highest BCUT2D eigenvalue weighted by molar-refractivity contribution is 6.21. The van der Waals surface area contributed by atoms with Crippen molar-refractivity contribution in [2.24, 2.45) is 0 Å². The molecule has 0 bridgehead atoms. The number of imide groups is 1. The Labute approximate surface area is 112 Å². The Morgan fingerprint density at radius 1 is 1.16 bits per heavy atom. The van der Waals surface area contributed by atoms with Gasteiger partial charge in [0.05, 0.1) is 17.2 Å². The van der Waals surface area contributed by atoms with Crippen LogP contribution in [0, 0.1) is 0 Å². The Morgan fingerprint density at radius 3 is 2.32 bits per heavy atom. The van der Waals surface area contributed by atoms with Gasteiger partial charge < -0.3 is 10.6 Å². The van der Waals surface area contributed by atoms with Crippen LogP contribution in [-0.2, 0) is 0 Å². The highest BCUT2D eigenvalue weighted by Gasteiger charge is 2.40. The van der Waals surface area contributed by atoms with Crippen LogP contribution in [0.25, 0.3) is 0 Å². The van der Waals surface area contributed by atoms with E-state index in [4.69, 9.17) is 0 Å². The van der Waals surface area contributed by atoms with E-state index < -0.39 is 0 Å². The Bertz CT molecular complexity index is 488. The zero-order valence-electron chi connectivity index (χ0n) is 10.8. The fraction of sp³-hybridized carbons (Fsp3) is 0.429. The summed E-state index contributed by atoms with van der Waals surface area (Å²) >= 11 is 0. The van der Waals surface area contributed by atoms with Gasteiger partial charge in [0.15, 0.2) is 0 Å². The molecule has 0 saturated carbocycles. The number of carbonyl (C=O) groups excluding carboxylic acids is 2. The van der Waals surface area contributed by atoms with Crippen molar-refractivity contribution < 1.29 is 9.59 Å². The lowest BCUT2D eigenvalue weighted by Crippen LogP contribution is -2.58. The molecule has 2 N–H and O–H groups in total. The summed E-state index contributed by atoms with van der Waals surface area (Å²) in [5, 5.41) is 6.63. The van der Waals surface area contributed by atoms with E-state index in [1.54, 1.807) is 24.3 Å². The lowest BCUT2D eigenvalue weighted by Gasteiger charge is -2.34. The van der Waals surface area contributed by atoms with E-state index in [9.17, 15) is 9.59 Å². The summed E-state index contributed by atoms with van der Waals surface area (Å²) in [7, 11) is 0. The smallest absolute Gasteiger partial charge is 0.261 e. The molecule has 0 aliphatic carbocycles. The van der Waals surface area contributed by atoms with Crippen molar-refractivity contribution in [1.29, 1.82) is 0 Å². The van der Waals surface area contributed by atoms with Crippen molar-refractivity contribution in [2.45, 2.75) is 19.0 Å². The molecule has 5 heteroatoms. The first-order valence-corrected chi connectivity index (χ1v) is 6.61. The first kappa shape index (κ1) is 12.3. The normalized spacial score (nSPS) is 24.5. The molecule has 100 valence electrons. The van der Waals surface area contributed by atoms with Crippen LogP contribution in [0.3, 0.4) is 0 Å². The molecule has 1 saturated heterocycles. The number of benzene rings is 1. The van der Waals surface area contributed by atoms with Crippen LogP contribution in [0.2, 0.25) is 0 Å². The zero-order valence-corrected chi connectivity index (χ0v) is 10.8. The summed E-state index contributed by atoms with van der Waals surface area (Å²) in [6.07, 6.45) is 0. The Kier molecular flexibility index (Phi) is 3.08. The van der Waals surface area contributed by atoms with Crippen molar-refractivity contribution in [3.05, 3.63) is 35.4 Å². The second-order valence-electron chi connectivity index (χ2n) is 5.03. The standard InChI is InChI=1S/C14H17N3O2/c1-9(12-8-15-6-7-16-12)17-13(18)10-4-2-3-5-11(10)14(17)19/h2-5,9,12,15-16H,6-8H2,1H3. The fourth-order valence-electron chi connectivity index (χ4n) is 2.77. The SMILES string of the molecule is CC(C1CNCCN1)N1C(=O)c2ccccc2C1=O. The summed E-state index contributed by atoms with van der Waals surface area (Å²) < 4.78 is 0. The number of nitrogens with zero attached hydrogens (tertiary/aromatic N) is 1. The maximum atomic E-state index is 12.3. The van der Waals surface area contributed by atoms with E-state index in [2.05, 4.69) is 10.6 Å². The van der Waals surface area contributed by atoms with Gasteiger partial charge in [-0.15, -0.1) is 0 Å². The Morgan fingerprint density at radius 2 is 1.79 bits per heavy atom. The maximum absolute atomic E-state index is 12.3. The molecule has 0 aromatic heterocycles. The van der Waals surface area contributed by atoms with Gasteiger partial charge in [-0.1, -0.05) is 12.1 Å². The molecule has 0 radical (unpaired) electrons. The first-order valence-electron chi connectivity index (χ1n) is 6.61. The number of amides is 2. The molecular formula is C14H17N3O2. The predicted molar refractivity (Wildman–Crippen MR) is 71.1 cm³/mol. The fourth-order valence-corrected chi connectivity index (χ4v) is 2.77. The lowest BCUT2D eigenvalue weighted by atomic mass is 10.1. The third-order valence-corrected chi connectivity index (χ3v) is 3.89. The number of nitrogens with one attached hydrogen (secondary N) is 2. The quantitative estimate of drug-likeness (QED) is 0.747. The van der Waals surface area contributed by atoms with Crippen LogP contribution in [-0.4, -0.2) is 48.4 Å². The summed E-state index contributed by atoms with van der Waals surface area (Å²) in [5.74, 6) is -0.360. The maximum Gasteiger partial charge on any atom is 0.261 e. The zero-order chi connectivity index (χ0) is 13.4. The molecule has 1 aromatic rings. The van der Waals surface area contributed by atoms with Gasteiger partial charge in [-0.05, 0) is 19.1 Å². The van der Waals surface area contributed by atoms with E-state index in [1.165, 1.54) is 4.90 Å². The van der Waals surface area contributed by atoms with Gasteiger partial charge in [-0.2, -0.15) is 0 Å². The highest BCUT2D eigenvalue weighted by atomic mass is 16.2. The van der Waals surface area contributed by atoms with Crippen molar-refractivity contribution in [1.82, 2.24) is 15.5 Å². The monoisotopic (exact) mass is 259 g/mol. The van der Waals surface area contributed by atoms with Crippen molar-refractivity contribution in [3.63, 3.8) is 0 Å². The van der Waals surface area contributed by atoms with Gasteiger partial charge in [-0.3, -0.25) is 14.5 Å². The molecule has 2 aliphatic heterocycles. The Hall–Kier alpha value is -1.72. The number of hydrogen-bond acceptors (Lipinski definition) is 4. The molecule has 19 heavy (non-hydrogen) atoms. The van der Waals surface area contributed by atoms with E-state index in [-0.39, 0.29) is 23.9 Å². The molecule has 5 nitrogen and oxygen atoms in total. The third kappa shape index (κ3) is 1.95. The van der Waals surface area contributed by atoms with Crippen LogP contribution in [0.5, 0.6) is 0 Å². The minimum atomic E-state index is -0.180. The van der Waals surface area contributed by atoms with E-state index in [1.807, 2.05) is 6.92 Å². The van der Waals surface area contributed by atoms with Gasteiger partial charge in [0.25, 0.3) is 11.8 Å². The molecule has 1 fully saturated rings. The van der Waals surface area contributed by atoms with Crippen LogP contribution < -0.4 is 10.6 Å². The Balaban J connectivity index is 1.87. The summed E-state index contributed by atoms with van der Waals surface area (Å²) in [6, 6.07) is 6.97. The number of piperazine rings is 1. The van der Waals surface area contributed by atoms with Gasteiger partial charge in [0.1, 0.15) is 0 Å². The summed E-state index contributed by atoms with van der Waals surface area (Å²) in [6.45, 7) is 4.48. The highest BCUT2D eigenvalue weighted by Crippen LogP contribution is 2.25. The molecule has 2 unspecified atom stereocenters. The van der Waals surface area contributed by atoms with Crippen molar-refractivity contribution in [3.8, 4) is 0 Å². The largest absolute Gasteiger partial charge is 0.314 e. The molecular weight excluding hydrogens is 242 g/mol. The van der Waals surface area contributed by atoms with E-state index in [0.717, 1.165) is 19.6 Å². The summed E-state index contributed by atoms with van der Waals surface area (Å²) in [5.41, 5.74) is 1.03. The molecule has 0 spiro atoms. The van der Waals surface area contributed by atoms with E-state index >= 15 is 0 Å². The van der Waals surface area contributed by atoms with Crippen LogP contribution >= 0.6 is 0 Å². The van der Waals surface area contributed by atoms with E-state index in [0.29, 0.717) is 11.1 Å². The molecule has 2 aliphatic rings. The average Bonchev–Trinajstić information content (AvgIpc) is 2.72. The number of carbonyl (C=O) groups is 2. The number of fused-ring (bicyclic) bond motifs is 1. The number of rotatable bonds is 2. The molecule has 2 atom stereocenters. The third-order valence-electron chi connectivity index (χ3n) is 3.89. The topological polar surface area (TPSA) is 61.4 Å². The van der Waals surface area contributed by atoms with Crippen molar-refractivity contribution >= 4 is 11.8 Å². The van der Waals surface area contributed by atoms with Crippen molar-refractivity contribution in [2.75, 3.05) is 19.6 Å². The number of hydrogen-bond donors (Lipinski definition) is 2. The van der Waals surface area contributed by atoms with Crippen LogP contribution in [0.1, 0.15) is 27.6 Å². The average molecular weight is 259 g/mol. The molecule has 2 amide bonds. The molecule has 3 rings (SSSR count). The lowest BCUT2D eigenvalue weighted by molar-refractivity contribution is 0.0558. The molecule has 1 aromatic carbocycles. The first-order chi connectivity index (χ1) is 9.20. The van der Waals surface area contributed by atoms with Crippen LogP contribution in [0.15, 0.2) is 24.3 Å². The predicted octanol–water partition coefficient (Wildman–Crippen LogP) is 0.233. The second kappa shape index (κ2) is 4.75. The van der Waals surface area contributed by atoms with Gasteiger partial charge >= 0.3 is 0 Å². The van der Waals surface area contributed by atoms with Gasteiger partial charge in [0.2, 0.25) is 0 Å². The van der Waals surface area contributed by atoms with Crippen LogP contribution in [0.4, 0.5) is 0 Å².